The highest BCUT2D eigenvalue weighted by Crippen LogP contribution is 2.62. The van der Waals surface area contributed by atoms with E-state index in [0.29, 0.717) is 0 Å². The van der Waals surface area contributed by atoms with Gasteiger partial charge in [-0.3, -0.25) is 0 Å². The minimum atomic E-state index is 0.173. The van der Waals surface area contributed by atoms with Crippen molar-refractivity contribution in [2.45, 2.75) is 107 Å². The molecule has 0 aliphatic heterocycles. The maximum Gasteiger partial charge on any atom is 0.000867 e. The Kier molecular flexibility index (Phi) is 7.85. The molecule has 0 nitrogen and oxygen atoms in total. The van der Waals surface area contributed by atoms with Crippen LogP contribution in [0.1, 0.15) is 95.5 Å². The van der Waals surface area contributed by atoms with Crippen molar-refractivity contribution in [1.82, 2.24) is 0 Å². The standard InChI is InChI=1S/C27H39P/c1-4-13-23(14-5-1)15-12-17-24-16-10-11-22-27(24)28(25-18-6-2-7-19-25)26-20-8-3-9-21-26/h1,4-5,12-15,17,25-27H,2-3,6-11,16,18-22H2. The first-order chi connectivity index (χ1) is 13.9. The third-order valence-electron chi connectivity index (χ3n) is 7.37. The van der Waals surface area contributed by atoms with Gasteiger partial charge in [-0.15, -0.1) is 0 Å². The highest BCUT2D eigenvalue weighted by molar-refractivity contribution is 7.60. The van der Waals surface area contributed by atoms with Crippen LogP contribution in [0.15, 0.2) is 48.1 Å². The summed E-state index contributed by atoms with van der Waals surface area (Å²) in [4.78, 5) is 0. The first kappa shape index (κ1) is 20.4. The third kappa shape index (κ3) is 5.38. The van der Waals surface area contributed by atoms with E-state index in [9.17, 15) is 0 Å². The molecule has 28 heavy (non-hydrogen) atoms. The zero-order valence-electron chi connectivity index (χ0n) is 17.7. The summed E-state index contributed by atoms with van der Waals surface area (Å²) in [5.74, 6) is 0. The molecule has 1 aromatic rings. The molecule has 4 rings (SSSR count). The van der Waals surface area contributed by atoms with Crippen molar-refractivity contribution in [3.05, 3.63) is 53.6 Å². The molecule has 0 saturated heterocycles. The molecule has 0 heterocycles. The zero-order valence-corrected chi connectivity index (χ0v) is 18.6. The SMILES string of the molecule is C(=Cc1ccccc1)C=C1CCCCC1P(C1CCCCC1)C1CCCCC1. The summed E-state index contributed by atoms with van der Waals surface area (Å²) in [6, 6.07) is 10.8. The average molecular weight is 395 g/mol. The fourth-order valence-corrected chi connectivity index (χ4v) is 10.6. The number of rotatable bonds is 5. The summed E-state index contributed by atoms with van der Waals surface area (Å²) in [7, 11) is 0.173. The minimum Gasteiger partial charge on any atom is -0.0930 e. The number of hydrogen-bond acceptors (Lipinski definition) is 0. The van der Waals surface area contributed by atoms with Crippen LogP contribution in [0.5, 0.6) is 0 Å². The van der Waals surface area contributed by atoms with Crippen LogP contribution >= 0.6 is 7.92 Å². The van der Waals surface area contributed by atoms with Crippen molar-refractivity contribution < 1.29 is 0 Å². The quantitative estimate of drug-likeness (QED) is 0.438. The van der Waals surface area contributed by atoms with Crippen LogP contribution in [0.4, 0.5) is 0 Å². The second-order valence-corrected chi connectivity index (χ2v) is 12.3. The third-order valence-corrected chi connectivity index (χ3v) is 11.4. The van der Waals surface area contributed by atoms with E-state index in [1.165, 1.54) is 69.8 Å². The first-order valence-corrected chi connectivity index (χ1v) is 13.7. The van der Waals surface area contributed by atoms with Crippen molar-refractivity contribution in [3.63, 3.8) is 0 Å². The number of hydrogen-bond donors (Lipinski definition) is 0. The van der Waals surface area contributed by atoms with Crippen molar-refractivity contribution >= 4 is 14.0 Å². The van der Waals surface area contributed by atoms with E-state index < -0.39 is 0 Å². The molecule has 0 bridgehead atoms. The van der Waals surface area contributed by atoms with E-state index in [2.05, 4.69) is 48.6 Å². The molecule has 0 radical (unpaired) electrons. The molecule has 3 aliphatic carbocycles. The van der Waals surface area contributed by atoms with Crippen molar-refractivity contribution in [2.24, 2.45) is 0 Å². The van der Waals surface area contributed by atoms with Gasteiger partial charge in [0.2, 0.25) is 0 Å². The van der Waals surface area contributed by atoms with E-state index in [1.807, 2.05) is 5.57 Å². The van der Waals surface area contributed by atoms with E-state index in [4.69, 9.17) is 0 Å². The van der Waals surface area contributed by atoms with Gasteiger partial charge >= 0.3 is 0 Å². The van der Waals surface area contributed by atoms with Crippen LogP contribution in [-0.4, -0.2) is 17.0 Å². The second-order valence-electron chi connectivity index (χ2n) is 9.30. The van der Waals surface area contributed by atoms with Gasteiger partial charge in [-0.25, -0.2) is 0 Å². The van der Waals surface area contributed by atoms with Crippen molar-refractivity contribution in [1.29, 1.82) is 0 Å². The predicted octanol–water partition coefficient (Wildman–Crippen LogP) is 8.72. The van der Waals surface area contributed by atoms with Crippen LogP contribution in [0.2, 0.25) is 0 Å². The normalized spacial score (nSPS) is 27.0. The number of allylic oxidation sites excluding steroid dienone is 3. The highest BCUT2D eigenvalue weighted by Gasteiger charge is 2.38. The number of benzene rings is 1. The van der Waals surface area contributed by atoms with E-state index in [0.717, 1.165) is 17.0 Å². The molecular formula is C27H39P. The van der Waals surface area contributed by atoms with Gasteiger partial charge in [0.05, 0.1) is 0 Å². The van der Waals surface area contributed by atoms with Gasteiger partial charge in [-0.05, 0) is 61.8 Å². The Morgan fingerprint density at radius 2 is 1.29 bits per heavy atom. The molecule has 152 valence electrons. The first-order valence-electron chi connectivity index (χ1n) is 12.1. The van der Waals surface area contributed by atoms with Crippen molar-refractivity contribution in [2.75, 3.05) is 0 Å². The lowest BCUT2D eigenvalue weighted by atomic mass is 9.93. The summed E-state index contributed by atoms with van der Waals surface area (Å²) in [5, 5.41) is 0. The van der Waals surface area contributed by atoms with Crippen molar-refractivity contribution in [3.8, 4) is 0 Å². The molecule has 1 unspecified atom stereocenters. The molecule has 3 fully saturated rings. The van der Waals surface area contributed by atoms with E-state index in [-0.39, 0.29) is 7.92 Å². The molecule has 0 aromatic heterocycles. The minimum absolute atomic E-state index is 0.173. The largest absolute Gasteiger partial charge is 0.0930 e. The lowest BCUT2D eigenvalue weighted by Gasteiger charge is -2.45. The molecule has 3 aliphatic rings. The van der Waals surface area contributed by atoms with Gasteiger partial charge in [0.25, 0.3) is 0 Å². The maximum atomic E-state index is 2.54. The second kappa shape index (κ2) is 10.8. The zero-order chi connectivity index (χ0) is 19.0. The lowest BCUT2D eigenvalue weighted by Crippen LogP contribution is -2.29. The topological polar surface area (TPSA) is 0 Å². The molecule has 0 spiro atoms. The van der Waals surface area contributed by atoms with Crippen LogP contribution in [0, 0.1) is 0 Å². The van der Waals surface area contributed by atoms with Gasteiger partial charge in [0.1, 0.15) is 0 Å². The van der Waals surface area contributed by atoms with Gasteiger partial charge in [0, 0.05) is 5.66 Å². The lowest BCUT2D eigenvalue weighted by molar-refractivity contribution is 0.476. The smallest absolute Gasteiger partial charge is 0.000867 e. The van der Waals surface area contributed by atoms with Gasteiger partial charge in [0.15, 0.2) is 0 Å². The summed E-state index contributed by atoms with van der Waals surface area (Å²) in [6.07, 6.45) is 28.2. The summed E-state index contributed by atoms with van der Waals surface area (Å²) in [5.41, 5.74) is 6.25. The van der Waals surface area contributed by atoms with Gasteiger partial charge < -0.3 is 0 Å². The molecular weight excluding hydrogens is 355 g/mol. The Hall–Kier alpha value is -0.870. The monoisotopic (exact) mass is 394 g/mol. The average Bonchev–Trinajstić information content (AvgIpc) is 2.77. The summed E-state index contributed by atoms with van der Waals surface area (Å²) >= 11 is 0. The molecule has 1 aromatic carbocycles. The van der Waals surface area contributed by atoms with E-state index in [1.54, 1.807) is 25.7 Å². The fraction of sp³-hybridized carbons (Fsp3) is 0.630. The molecule has 3 saturated carbocycles. The molecule has 0 N–H and O–H groups in total. The predicted molar refractivity (Wildman–Crippen MR) is 126 cm³/mol. The Morgan fingerprint density at radius 1 is 0.679 bits per heavy atom. The Bertz CT molecular complexity index is 613. The van der Waals surface area contributed by atoms with Crippen LogP contribution in [0.3, 0.4) is 0 Å². The maximum absolute atomic E-state index is 2.54. The molecule has 1 atom stereocenters. The summed E-state index contributed by atoms with van der Waals surface area (Å²) < 4.78 is 0. The Balaban J connectivity index is 1.54. The highest BCUT2D eigenvalue weighted by atomic mass is 31.1. The summed E-state index contributed by atoms with van der Waals surface area (Å²) in [6.45, 7) is 0. The Labute approximate surface area is 174 Å². The van der Waals surface area contributed by atoms with Crippen LogP contribution < -0.4 is 0 Å². The van der Waals surface area contributed by atoms with Gasteiger partial charge in [-0.1, -0.05) is 107 Å². The molecule has 0 amide bonds. The molecule has 1 heteroatoms. The fourth-order valence-electron chi connectivity index (χ4n) is 5.97. The van der Waals surface area contributed by atoms with Crippen LogP contribution in [-0.2, 0) is 0 Å². The van der Waals surface area contributed by atoms with Gasteiger partial charge in [-0.2, -0.15) is 0 Å². The van der Waals surface area contributed by atoms with Crippen LogP contribution in [0.25, 0.3) is 6.08 Å². The Morgan fingerprint density at radius 3 is 1.93 bits per heavy atom. The van der Waals surface area contributed by atoms with E-state index >= 15 is 0 Å².